The molecule has 0 bridgehead atoms. The van der Waals surface area contributed by atoms with E-state index in [1.54, 1.807) is 0 Å². The molecule has 1 rings (SSSR count). The van der Waals surface area contributed by atoms with Gasteiger partial charge in [-0.2, -0.15) is 0 Å². The number of nitrogens with zero attached hydrogens (tertiary/aromatic N) is 2. The lowest BCUT2D eigenvalue weighted by atomic mass is 10.0. The molecule has 1 aromatic heterocycles. The minimum Gasteiger partial charge on any atom is -0.390 e. The molecule has 0 aliphatic rings. The fourth-order valence-corrected chi connectivity index (χ4v) is 1.53. The Hall–Kier alpha value is -1.26. The van der Waals surface area contributed by atoms with Gasteiger partial charge in [-0.1, -0.05) is 49.7 Å². The highest BCUT2D eigenvalue weighted by Gasteiger charge is 2.00. The van der Waals surface area contributed by atoms with Crippen molar-refractivity contribution >= 4 is 12.0 Å². The molecule has 0 atom stereocenters. The number of hydrogen-bond acceptors (Lipinski definition) is 5. The molecule has 0 unspecified atom stereocenters. The molecule has 0 saturated carbocycles. The number of nitrogens with one attached hydrogen (secondary N) is 1. The Balaban J connectivity index is 1.92. The summed E-state index contributed by atoms with van der Waals surface area (Å²) in [6.45, 7) is 5.40. The number of hydrogen-bond donors (Lipinski definition) is 2. The second kappa shape index (κ2) is 7.09. The summed E-state index contributed by atoms with van der Waals surface area (Å²) in [6.07, 6.45) is 6.31. The van der Waals surface area contributed by atoms with Crippen LogP contribution < -0.4 is 11.1 Å². The average Bonchev–Trinajstić information content (AvgIpc) is 2.62. The van der Waals surface area contributed by atoms with Crippen LogP contribution >= 0.6 is 0 Å². The first-order valence-corrected chi connectivity index (χ1v) is 6.01. The Labute approximate surface area is 96.8 Å². The first-order valence-electron chi connectivity index (χ1n) is 6.01. The quantitative estimate of drug-likeness (QED) is 0.666. The third-order valence-corrected chi connectivity index (χ3v) is 2.43. The lowest BCUT2D eigenvalue weighted by molar-refractivity contribution is 0.521. The first kappa shape index (κ1) is 12.8. The van der Waals surface area contributed by atoms with Crippen LogP contribution in [0.4, 0.5) is 12.0 Å². The molecule has 1 aromatic rings. The fourth-order valence-electron chi connectivity index (χ4n) is 1.53. The van der Waals surface area contributed by atoms with Gasteiger partial charge in [0.15, 0.2) is 0 Å². The van der Waals surface area contributed by atoms with Crippen molar-refractivity contribution in [3.8, 4) is 0 Å². The van der Waals surface area contributed by atoms with Crippen LogP contribution in [0.5, 0.6) is 0 Å². The Bertz CT molecular complexity index is 285. The zero-order chi connectivity index (χ0) is 11.8. The molecule has 1 heterocycles. The van der Waals surface area contributed by atoms with E-state index in [0.717, 1.165) is 18.9 Å². The van der Waals surface area contributed by atoms with Crippen molar-refractivity contribution in [1.82, 2.24) is 10.2 Å². The summed E-state index contributed by atoms with van der Waals surface area (Å²) in [4.78, 5) is 0. The molecule has 0 aliphatic heterocycles. The van der Waals surface area contributed by atoms with Crippen LogP contribution in [0.2, 0.25) is 0 Å². The van der Waals surface area contributed by atoms with Crippen molar-refractivity contribution in [2.24, 2.45) is 5.92 Å². The van der Waals surface area contributed by atoms with Gasteiger partial charge in [0, 0.05) is 6.54 Å². The number of unbranched alkanes of at least 4 members (excludes halogenated alkanes) is 3. The smallest absolute Gasteiger partial charge is 0.316 e. The number of anilines is 2. The normalized spacial score (nSPS) is 10.9. The van der Waals surface area contributed by atoms with E-state index in [1.165, 1.54) is 25.7 Å². The van der Waals surface area contributed by atoms with E-state index in [2.05, 4.69) is 29.4 Å². The van der Waals surface area contributed by atoms with Crippen LogP contribution in [0.15, 0.2) is 4.42 Å². The number of aromatic nitrogens is 2. The lowest BCUT2D eigenvalue weighted by Gasteiger charge is -2.04. The minimum atomic E-state index is 0.111. The van der Waals surface area contributed by atoms with E-state index in [-0.39, 0.29) is 6.01 Å². The van der Waals surface area contributed by atoms with E-state index in [9.17, 15) is 0 Å². The van der Waals surface area contributed by atoms with Crippen molar-refractivity contribution in [2.45, 2.75) is 46.0 Å². The summed E-state index contributed by atoms with van der Waals surface area (Å²) in [7, 11) is 0. The highest BCUT2D eigenvalue weighted by molar-refractivity contribution is 5.21. The molecule has 0 radical (unpaired) electrons. The zero-order valence-corrected chi connectivity index (χ0v) is 10.2. The molecule has 0 saturated heterocycles. The van der Waals surface area contributed by atoms with Gasteiger partial charge >= 0.3 is 12.0 Å². The van der Waals surface area contributed by atoms with Crippen molar-refractivity contribution in [3.05, 3.63) is 0 Å². The highest BCUT2D eigenvalue weighted by atomic mass is 16.4. The van der Waals surface area contributed by atoms with Crippen LogP contribution in [0.1, 0.15) is 46.0 Å². The third-order valence-electron chi connectivity index (χ3n) is 2.43. The molecule has 0 aromatic carbocycles. The SMILES string of the molecule is CC(C)CCCCCCNc1nnc(N)o1. The number of nitrogen functional groups attached to an aromatic ring is 1. The standard InChI is InChI=1S/C11H22N4O/c1-9(2)7-5-3-4-6-8-13-11-15-14-10(12)16-11/h9H,3-8H2,1-2H3,(H2,12,14)(H,13,15). The van der Waals surface area contributed by atoms with Gasteiger partial charge in [-0.15, -0.1) is 0 Å². The summed E-state index contributed by atoms with van der Waals surface area (Å²) in [5, 5.41) is 10.3. The van der Waals surface area contributed by atoms with Crippen LogP contribution in [0, 0.1) is 5.92 Å². The van der Waals surface area contributed by atoms with Gasteiger partial charge in [0.2, 0.25) is 0 Å². The van der Waals surface area contributed by atoms with Crippen molar-refractivity contribution in [3.63, 3.8) is 0 Å². The maximum Gasteiger partial charge on any atom is 0.316 e. The van der Waals surface area contributed by atoms with Crippen molar-refractivity contribution in [1.29, 1.82) is 0 Å². The van der Waals surface area contributed by atoms with Gasteiger partial charge in [0.25, 0.3) is 0 Å². The molecule has 0 aliphatic carbocycles. The van der Waals surface area contributed by atoms with Crippen LogP contribution in [0.3, 0.4) is 0 Å². The predicted octanol–water partition coefficient (Wildman–Crippen LogP) is 2.67. The van der Waals surface area contributed by atoms with E-state index in [1.807, 2.05) is 0 Å². The second-order valence-corrected chi connectivity index (χ2v) is 4.47. The second-order valence-electron chi connectivity index (χ2n) is 4.47. The molecular weight excluding hydrogens is 204 g/mol. The van der Waals surface area contributed by atoms with E-state index in [0.29, 0.717) is 6.01 Å². The predicted molar refractivity (Wildman–Crippen MR) is 65.1 cm³/mol. The van der Waals surface area contributed by atoms with Crippen molar-refractivity contribution < 1.29 is 4.42 Å². The summed E-state index contributed by atoms with van der Waals surface area (Å²) in [6, 6.07) is 0.527. The zero-order valence-electron chi connectivity index (χ0n) is 10.2. The van der Waals surface area contributed by atoms with E-state index in [4.69, 9.17) is 10.2 Å². The lowest BCUT2D eigenvalue weighted by Crippen LogP contribution is -2.01. The summed E-state index contributed by atoms with van der Waals surface area (Å²) in [5.74, 6) is 0.819. The fraction of sp³-hybridized carbons (Fsp3) is 0.818. The Morgan fingerprint density at radius 3 is 2.56 bits per heavy atom. The van der Waals surface area contributed by atoms with Gasteiger partial charge in [-0.3, -0.25) is 0 Å². The third kappa shape index (κ3) is 5.58. The highest BCUT2D eigenvalue weighted by Crippen LogP contribution is 2.10. The topological polar surface area (TPSA) is 77.0 Å². The minimum absolute atomic E-state index is 0.111. The van der Waals surface area contributed by atoms with Gasteiger partial charge in [-0.05, 0) is 12.3 Å². The molecule has 3 N–H and O–H groups in total. The average molecular weight is 226 g/mol. The van der Waals surface area contributed by atoms with E-state index >= 15 is 0 Å². The Morgan fingerprint density at radius 1 is 1.19 bits per heavy atom. The van der Waals surface area contributed by atoms with Crippen LogP contribution in [0.25, 0.3) is 0 Å². The summed E-state index contributed by atoms with van der Waals surface area (Å²) >= 11 is 0. The van der Waals surface area contributed by atoms with E-state index < -0.39 is 0 Å². The van der Waals surface area contributed by atoms with Gasteiger partial charge in [0.1, 0.15) is 0 Å². The molecule has 5 nitrogen and oxygen atoms in total. The van der Waals surface area contributed by atoms with Gasteiger partial charge in [0.05, 0.1) is 0 Å². The number of nitrogens with two attached hydrogens (primary N) is 1. The largest absolute Gasteiger partial charge is 0.390 e. The molecule has 16 heavy (non-hydrogen) atoms. The maximum atomic E-state index is 5.30. The Morgan fingerprint density at radius 2 is 1.94 bits per heavy atom. The van der Waals surface area contributed by atoms with Crippen molar-refractivity contribution in [2.75, 3.05) is 17.6 Å². The molecule has 92 valence electrons. The molecule has 0 amide bonds. The molecular formula is C11H22N4O. The monoisotopic (exact) mass is 226 g/mol. The molecule has 0 spiro atoms. The van der Waals surface area contributed by atoms with Gasteiger partial charge in [-0.25, -0.2) is 0 Å². The Kier molecular flexibility index (Phi) is 5.67. The first-order chi connectivity index (χ1) is 7.68. The van der Waals surface area contributed by atoms with Crippen LogP contribution in [-0.2, 0) is 0 Å². The van der Waals surface area contributed by atoms with Gasteiger partial charge < -0.3 is 15.5 Å². The van der Waals surface area contributed by atoms with Crippen LogP contribution in [-0.4, -0.2) is 16.7 Å². The number of rotatable bonds is 8. The summed E-state index contributed by atoms with van der Waals surface area (Å²) < 4.78 is 4.99. The summed E-state index contributed by atoms with van der Waals surface area (Å²) in [5.41, 5.74) is 5.30. The molecule has 5 heteroatoms. The molecule has 0 fully saturated rings. The maximum absolute atomic E-state index is 5.30.